The molecule has 0 aliphatic carbocycles. The molecular weight excluding hydrogens is 342 g/mol. The minimum atomic E-state index is -0.0807. The van der Waals surface area contributed by atoms with Crippen LogP contribution in [0.1, 0.15) is 33.7 Å². The van der Waals surface area contributed by atoms with E-state index in [1.54, 1.807) is 36.3 Å². The number of benzene rings is 2. The number of Topliss-reactive ketones (excluding diaryl/α,β-unsaturated/α-hetero) is 1. The van der Waals surface area contributed by atoms with E-state index in [1.165, 1.54) is 0 Å². The first-order valence-corrected chi connectivity index (χ1v) is 9.08. The number of para-hydroxylation sites is 1. The van der Waals surface area contributed by atoms with Crippen LogP contribution in [0.5, 0.6) is 5.75 Å². The number of amides is 1. The van der Waals surface area contributed by atoms with E-state index >= 15 is 0 Å². The average Bonchev–Trinajstić information content (AvgIpc) is 3.17. The van der Waals surface area contributed by atoms with Gasteiger partial charge in [0.05, 0.1) is 12.6 Å². The molecule has 2 aromatic carbocycles. The number of aromatic nitrogens is 2. The highest BCUT2D eigenvalue weighted by Gasteiger charge is 2.29. The lowest BCUT2D eigenvalue weighted by Crippen LogP contribution is -2.40. The number of hydrogen-bond donors (Lipinski definition) is 1. The molecule has 4 rings (SSSR count). The maximum Gasteiger partial charge on any atom is 0.274 e. The fraction of sp³-hybridized carbons (Fsp3) is 0.286. The van der Waals surface area contributed by atoms with E-state index in [9.17, 15) is 9.59 Å². The molecule has 1 fully saturated rings. The molecule has 6 heteroatoms. The van der Waals surface area contributed by atoms with E-state index in [4.69, 9.17) is 4.74 Å². The van der Waals surface area contributed by atoms with Crippen molar-refractivity contribution in [3.63, 3.8) is 0 Å². The molecule has 27 heavy (non-hydrogen) atoms. The number of carbonyl (C=O) groups is 2. The number of nitrogens with zero attached hydrogens (tertiary/aromatic N) is 2. The fourth-order valence-electron chi connectivity index (χ4n) is 3.61. The standard InChI is InChI=1S/C21H21N3O3/c1-27-16-8-6-14(7-9-16)20(25)15-10-12-24(13-11-15)21(26)19-17-4-2-3-5-18(17)22-23-19/h2-9,15H,10-13H2,1H3,(H,22,23). The largest absolute Gasteiger partial charge is 0.497 e. The molecule has 1 saturated heterocycles. The van der Waals surface area contributed by atoms with E-state index in [1.807, 2.05) is 24.3 Å². The predicted molar refractivity (Wildman–Crippen MR) is 102 cm³/mol. The molecule has 0 saturated carbocycles. The van der Waals surface area contributed by atoms with Crippen LogP contribution >= 0.6 is 0 Å². The lowest BCUT2D eigenvalue weighted by molar-refractivity contribution is 0.0647. The second-order valence-electron chi connectivity index (χ2n) is 6.78. The molecule has 0 radical (unpaired) electrons. The van der Waals surface area contributed by atoms with Crippen molar-refractivity contribution in [2.24, 2.45) is 5.92 Å². The molecule has 1 N–H and O–H groups in total. The minimum absolute atomic E-state index is 0.0571. The van der Waals surface area contributed by atoms with Gasteiger partial charge in [-0.2, -0.15) is 5.10 Å². The van der Waals surface area contributed by atoms with Gasteiger partial charge in [-0.25, -0.2) is 0 Å². The van der Waals surface area contributed by atoms with Crippen LogP contribution in [0.4, 0.5) is 0 Å². The molecule has 0 bridgehead atoms. The number of H-pyrrole nitrogens is 1. The Morgan fingerprint density at radius 2 is 1.78 bits per heavy atom. The van der Waals surface area contributed by atoms with Gasteiger partial charge in [-0.05, 0) is 43.2 Å². The highest BCUT2D eigenvalue weighted by molar-refractivity contribution is 6.04. The highest BCUT2D eigenvalue weighted by atomic mass is 16.5. The van der Waals surface area contributed by atoms with Gasteiger partial charge in [0.1, 0.15) is 5.75 Å². The number of ether oxygens (including phenoxy) is 1. The fourth-order valence-corrected chi connectivity index (χ4v) is 3.61. The van der Waals surface area contributed by atoms with E-state index in [0.717, 1.165) is 16.7 Å². The first kappa shape index (κ1) is 17.3. The number of carbonyl (C=O) groups excluding carboxylic acids is 2. The molecule has 1 aliphatic rings. The molecule has 1 aromatic heterocycles. The summed E-state index contributed by atoms with van der Waals surface area (Å²) in [5.41, 5.74) is 2.00. The molecule has 2 heterocycles. The third-order valence-electron chi connectivity index (χ3n) is 5.20. The van der Waals surface area contributed by atoms with Crippen molar-refractivity contribution >= 4 is 22.6 Å². The quantitative estimate of drug-likeness (QED) is 0.722. The Bertz CT molecular complexity index is 970. The first-order chi connectivity index (χ1) is 13.2. The normalized spacial score (nSPS) is 15.1. The van der Waals surface area contributed by atoms with Crippen molar-refractivity contribution in [1.29, 1.82) is 0 Å². The molecule has 0 atom stereocenters. The number of aromatic amines is 1. The van der Waals surface area contributed by atoms with Crippen molar-refractivity contribution in [2.75, 3.05) is 20.2 Å². The van der Waals surface area contributed by atoms with Crippen LogP contribution in [0.3, 0.4) is 0 Å². The van der Waals surface area contributed by atoms with Crippen molar-refractivity contribution in [3.05, 3.63) is 59.8 Å². The molecule has 138 valence electrons. The van der Waals surface area contributed by atoms with E-state index in [2.05, 4.69) is 10.2 Å². The monoisotopic (exact) mass is 363 g/mol. The summed E-state index contributed by atoms with van der Waals surface area (Å²) in [4.78, 5) is 27.3. The maximum atomic E-state index is 12.8. The van der Waals surface area contributed by atoms with Gasteiger partial charge >= 0.3 is 0 Å². The van der Waals surface area contributed by atoms with Crippen LogP contribution in [0.2, 0.25) is 0 Å². The lowest BCUT2D eigenvalue weighted by atomic mass is 9.88. The summed E-state index contributed by atoms with van der Waals surface area (Å²) in [6, 6.07) is 14.8. The second-order valence-corrected chi connectivity index (χ2v) is 6.78. The van der Waals surface area contributed by atoms with Crippen molar-refractivity contribution in [2.45, 2.75) is 12.8 Å². The Hall–Kier alpha value is -3.15. The van der Waals surface area contributed by atoms with Gasteiger partial charge < -0.3 is 9.64 Å². The van der Waals surface area contributed by atoms with Crippen LogP contribution in [-0.2, 0) is 0 Å². The maximum absolute atomic E-state index is 12.8. The topological polar surface area (TPSA) is 75.3 Å². The predicted octanol–water partition coefficient (Wildman–Crippen LogP) is 3.31. The van der Waals surface area contributed by atoms with Crippen molar-refractivity contribution in [1.82, 2.24) is 15.1 Å². The molecule has 1 aliphatic heterocycles. The van der Waals surface area contributed by atoms with E-state index < -0.39 is 0 Å². The average molecular weight is 363 g/mol. The van der Waals surface area contributed by atoms with Crippen LogP contribution in [0, 0.1) is 5.92 Å². The van der Waals surface area contributed by atoms with Gasteiger partial charge in [-0.3, -0.25) is 14.7 Å². The molecule has 1 amide bonds. The number of rotatable bonds is 4. The number of methoxy groups -OCH3 is 1. The summed E-state index contributed by atoms with van der Waals surface area (Å²) >= 11 is 0. The molecule has 6 nitrogen and oxygen atoms in total. The summed E-state index contributed by atoms with van der Waals surface area (Å²) in [6.07, 6.45) is 1.33. The number of fused-ring (bicyclic) bond motifs is 1. The number of hydrogen-bond acceptors (Lipinski definition) is 4. The lowest BCUT2D eigenvalue weighted by Gasteiger charge is -2.31. The van der Waals surface area contributed by atoms with Crippen molar-refractivity contribution in [3.8, 4) is 5.75 Å². The molecule has 0 spiro atoms. The number of likely N-dealkylation sites (tertiary alicyclic amines) is 1. The van der Waals surface area contributed by atoms with E-state index in [0.29, 0.717) is 37.2 Å². The summed E-state index contributed by atoms with van der Waals surface area (Å²) in [7, 11) is 1.60. The van der Waals surface area contributed by atoms with Crippen molar-refractivity contribution < 1.29 is 14.3 Å². The van der Waals surface area contributed by atoms with Crippen LogP contribution in [0.15, 0.2) is 48.5 Å². The zero-order valence-corrected chi connectivity index (χ0v) is 15.1. The summed E-state index contributed by atoms with van der Waals surface area (Å²) < 4.78 is 5.14. The number of ketones is 1. The third kappa shape index (κ3) is 3.30. The smallest absolute Gasteiger partial charge is 0.274 e. The Labute approximate surface area is 157 Å². The second kappa shape index (κ2) is 7.23. The Kier molecular flexibility index (Phi) is 4.62. The van der Waals surface area contributed by atoms with Gasteiger partial charge in [0.15, 0.2) is 11.5 Å². The number of piperidine rings is 1. The van der Waals surface area contributed by atoms with E-state index in [-0.39, 0.29) is 17.6 Å². The highest BCUT2D eigenvalue weighted by Crippen LogP contribution is 2.25. The number of nitrogens with one attached hydrogen (secondary N) is 1. The first-order valence-electron chi connectivity index (χ1n) is 9.08. The van der Waals surface area contributed by atoms with Crippen LogP contribution in [0.25, 0.3) is 10.9 Å². The molecule has 3 aromatic rings. The van der Waals surface area contributed by atoms with Crippen LogP contribution < -0.4 is 4.74 Å². The van der Waals surface area contributed by atoms with Gasteiger partial charge in [-0.15, -0.1) is 0 Å². The Balaban J connectivity index is 1.42. The zero-order valence-electron chi connectivity index (χ0n) is 15.1. The zero-order chi connectivity index (χ0) is 18.8. The van der Waals surface area contributed by atoms with Gasteiger partial charge in [0.25, 0.3) is 5.91 Å². The van der Waals surface area contributed by atoms with Gasteiger partial charge in [0.2, 0.25) is 0 Å². The van der Waals surface area contributed by atoms with Crippen LogP contribution in [-0.4, -0.2) is 47.0 Å². The SMILES string of the molecule is COc1ccc(C(=O)C2CCN(C(=O)c3n[nH]c4ccccc34)CC2)cc1. The summed E-state index contributed by atoms with van der Waals surface area (Å²) in [5, 5.41) is 7.93. The van der Waals surface area contributed by atoms with Gasteiger partial charge in [0, 0.05) is 30.0 Å². The Morgan fingerprint density at radius 1 is 1.07 bits per heavy atom. The third-order valence-corrected chi connectivity index (χ3v) is 5.20. The Morgan fingerprint density at radius 3 is 2.48 bits per heavy atom. The molecule has 0 unspecified atom stereocenters. The van der Waals surface area contributed by atoms with Gasteiger partial charge in [-0.1, -0.05) is 18.2 Å². The summed E-state index contributed by atoms with van der Waals surface area (Å²) in [6.45, 7) is 1.12. The summed E-state index contributed by atoms with van der Waals surface area (Å²) in [5.74, 6) is 0.731. The minimum Gasteiger partial charge on any atom is -0.497 e. The molecular formula is C21H21N3O3.